The molecular weight excluding hydrogens is 486 g/mol. The van der Waals surface area contributed by atoms with Gasteiger partial charge in [0.05, 0.1) is 0 Å². The summed E-state index contributed by atoms with van der Waals surface area (Å²) in [6, 6.07) is 18.7. The van der Waals surface area contributed by atoms with Crippen LogP contribution in [0.1, 0.15) is 37.9 Å². The fourth-order valence-corrected chi connectivity index (χ4v) is 4.14. The number of hydrogen-bond donors (Lipinski definition) is 3. The van der Waals surface area contributed by atoms with E-state index in [9.17, 15) is 14.4 Å². The molecule has 3 aromatic rings. The predicted molar refractivity (Wildman–Crippen MR) is 152 cm³/mol. The van der Waals surface area contributed by atoms with E-state index < -0.39 is 35.6 Å². The molecule has 0 heterocycles. The highest BCUT2D eigenvalue weighted by molar-refractivity contribution is 7.80. The number of hydrogen-bond acceptors (Lipinski definition) is 5. The van der Waals surface area contributed by atoms with Gasteiger partial charge in [-0.2, -0.15) is 12.6 Å². The molecule has 37 heavy (non-hydrogen) atoms. The van der Waals surface area contributed by atoms with Crippen LogP contribution < -0.4 is 10.6 Å². The Morgan fingerprint density at radius 1 is 1.03 bits per heavy atom. The number of nitrogens with one attached hydrogen (secondary N) is 2. The molecule has 3 rings (SSSR count). The van der Waals surface area contributed by atoms with Gasteiger partial charge < -0.3 is 20.3 Å². The molecule has 3 aromatic carbocycles. The Labute approximate surface area is 223 Å². The summed E-state index contributed by atoms with van der Waals surface area (Å²) in [7, 11) is 1.53. The summed E-state index contributed by atoms with van der Waals surface area (Å²) in [6.45, 7) is 9.00. The average molecular weight is 520 g/mol. The van der Waals surface area contributed by atoms with Crippen LogP contribution >= 0.6 is 12.6 Å². The van der Waals surface area contributed by atoms with Gasteiger partial charge in [0, 0.05) is 18.5 Å². The smallest absolute Gasteiger partial charge is 0.408 e. The van der Waals surface area contributed by atoms with Crippen molar-refractivity contribution in [1.29, 1.82) is 0 Å². The molecule has 0 saturated heterocycles. The Hall–Kier alpha value is -3.78. The number of fused-ring (bicyclic) bond motifs is 1. The molecule has 0 aliphatic carbocycles. The Morgan fingerprint density at radius 2 is 1.73 bits per heavy atom. The molecule has 0 fully saturated rings. The molecule has 0 aliphatic rings. The molecule has 2 unspecified atom stereocenters. The first-order valence-corrected chi connectivity index (χ1v) is 12.5. The largest absolute Gasteiger partial charge is 0.444 e. The van der Waals surface area contributed by atoms with Gasteiger partial charge in [-0.15, -0.1) is 0 Å². The molecular formula is C29H33N3O4S. The topological polar surface area (TPSA) is 87.7 Å². The Morgan fingerprint density at radius 3 is 2.38 bits per heavy atom. The Bertz CT molecular complexity index is 1300. The van der Waals surface area contributed by atoms with E-state index in [4.69, 9.17) is 4.74 Å². The maximum absolute atomic E-state index is 13.7. The quantitative estimate of drug-likeness (QED) is 0.346. The van der Waals surface area contributed by atoms with Crippen LogP contribution in [0.2, 0.25) is 0 Å². The zero-order valence-corrected chi connectivity index (χ0v) is 22.4. The van der Waals surface area contributed by atoms with Gasteiger partial charge in [-0.3, -0.25) is 9.59 Å². The number of anilines is 1. The number of thiol groups is 1. The number of ether oxygens (including phenoxy) is 1. The molecule has 7 nitrogen and oxygen atoms in total. The van der Waals surface area contributed by atoms with Crippen LogP contribution in [-0.4, -0.2) is 47.3 Å². The Kier molecular flexibility index (Phi) is 8.99. The van der Waals surface area contributed by atoms with E-state index in [0.29, 0.717) is 11.3 Å². The standard InChI is InChI=1S/C29H33N3O4S/c1-6-19-10-9-13-22(16-19)25(26(33)30-23-15-14-20-11-7-8-12-21(20)17-23)32(5)27(34)24(18-37)31-28(35)36-29(2,3)4/h6-17,24-25,37H,1,18H2,2-5H3,(H,30,33)(H,31,35). The molecule has 0 bridgehead atoms. The lowest BCUT2D eigenvalue weighted by Crippen LogP contribution is -2.52. The summed E-state index contributed by atoms with van der Waals surface area (Å²) in [5, 5.41) is 7.54. The van der Waals surface area contributed by atoms with E-state index in [0.717, 1.165) is 16.3 Å². The SMILES string of the molecule is C=Cc1cccc(C(C(=O)Nc2ccc3ccccc3c2)N(C)C(=O)C(CS)NC(=O)OC(C)(C)C)c1. The zero-order chi connectivity index (χ0) is 27.2. The van der Waals surface area contributed by atoms with Crippen molar-refractivity contribution >= 4 is 53.1 Å². The van der Waals surface area contributed by atoms with Crippen molar-refractivity contribution in [2.45, 2.75) is 38.5 Å². The minimum absolute atomic E-state index is 0.0220. The third-order valence-corrected chi connectivity index (χ3v) is 6.00. The number of carbonyl (C=O) groups excluding carboxylic acids is 3. The summed E-state index contributed by atoms with van der Waals surface area (Å²) in [5.74, 6) is -0.861. The van der Waals surface area contributed by atoms with Crippen LogP contribution in [0.25, 0.3) is 16.8 Å². The molecule has 194 valence electrons. The lowest BCUT2D eigenvalue weighted by atomic mass is 10.0. The highest BCUT2D eigenvalue weighted by Crippen LogP contribution is 2.26. The van der Waals surface area contributed by atoms with Crippen molar-refractivity contribution in [2.24, 2.45) is 0 Å². The van der Waals surface area contributed by atoms with Crippen LogP contribution in [0, 0.1) is 0 Å². The van der Waals surface area contributed by atoms with Gasteiger partial charge in [-0.25, -0.2) is 4.79 Å². The molecule has 8 heteroatoms. The predicted octanol–water partition coefficient (Wildman–Crippen LogP) is 5.44. The van der Waals surface area contributed by atoms with Crippen molar-refractivity contribution in [3.63, 3.8) is 0 Å². The maximum Gasteiger partial charge on any atom is 0.408 e. The Balaban J connectivity index is 1.91. The molecule has 2 N–H and O–H groups in total. The zero-order valence-electron chi connectivity index (χ0n) is 21.5. The van der Waals surface area contributed by atoms with Gasteiger partial charge in [0.2, 0.25) is 5.91 Å². The summed E-state index contributed by atoms with van der Waals surface area (Å²) in [5.41, 5.74) is 1.28. The second-order valence-corrected chi connectivity index (χ2v) is 10.0. The third-order valence-electron chi connectivity index (χ3n) is 5.63. The minimum atomic E-state index is -0.998. The number of nitrogens with zero attached hydrogens (tertiary/aromatic N) is 1. The van der Waals surface area contributed by atoms with E-state index in [-0.39, 0.29) is 5.75 Å². The molecule has 3 amide bonds. The minimum Gasteiger partial charge on any atom is -0.444 e. The number of benzene rings is 3. The fraction of sp³-hybridized carbons (Fsp3) is 0.276. The van der Waals surface area contributed by atoms with Gasteiger partial charge in [0.25, 0.3) is 5.91 Å². The van der Waals surface area contributed by atoms with Crippen LogP contribution in [0.5, 0.6) is 0 Å². The monoisotopic (exact) mass is 519 g/mol. The lowest BCUT2D eigenvalue weighted by Gasteiger charge is -2.31. The van der Waals surface area contributed by atoms with Crippen LogP contribution in [0.4, 0.5) is 10.5 Å². The first kappa shape index (κ1) is 27.8. The van der Waals surface area contributed by atoms with Crippen molar-refractivity contribution in [3.8, 4) is 0 Å². The molecule has 2 atom stereocenters. The van der Waals surface area contributed by atoms with E-state index in [1.54, 1.807) is 45.0 Å². The molecule has 0 aliphatic heterocycles. The molecule has 0 radical (unpaired) electrons. The number of rotatable bonds is 8. The highest BCUT2D eigenvalue weighted by Gasteiger charge is 2.33. The van der Waals surface area contributed by atoms with Crippen molar-refractivity contribution in [1.82, 2.24) is 10.2 Å². The molecule has 0 aromatic heterocycles. The average Bonchev–Trinajstić information content (AvgIpc) is 2.86. The normalized spacial score (nSPS) is 12.8. The van der Waals surface area contributed by atoms with E-state index in [1.165, 1.54) is 11.9 Å². The molecule has 0 saturated carbocycles. The first-order valence-electron chi connectivity index (χ1n) is 11.9. The summed E-state index contributed by atoms with van der Waals surface area (Å²) in [4.78, 5) is 40.8. The van der Waals surface area contributed by atoms with Gasteiger partial charge >= 0.3 is 6.09 Å². The van der Waals surface area contributed by atoms with Crippen molar-refractivity contribution in [2.75, 3.05) is 18.1 Å². The van der Waals surface area contributed by atoms with Crippen LogP contribution in [0.15, 0.2) is 73.3 Å². The summed E-state index contributed by atoms with van der Waals surface area (Å²) in [6.07, 6.45) is 0.934. The first-order chi connectivity index (χ1) is 17.5. The van der Waals surface area contributed by atoms with Crippen LogP contribution in [0.3, 0.4) is 0 Å². The number of amides is 3. The van der Waals surface area contributed by atoms with E-state index >= 15 is 0 Å². The van der Waals surface area contributed by atoms with Gasteiger partial charge in [-0.1, -0.05) is 61.2 Å². The number of alkyl carbamates (subject to hydrolysis) is 1. The number of likely N-dealkylation sites (N-methyl/N-ethyl adjacent to an activating group) is 1. The van der Waals surface area contributed by atoms with Crippen molar-refractivity contribution < 1.29 is 19.1 Å². The number of carbonyl (C=O) groups is 3. The molecule has 0 spiro atoms. The lowest BCUT2D eigenvalue weighted by molar-refractivity contribution is -0.138. The van der Waals surface area contributed by atoms with Crippen LogP contribution in [-0.2, 0) is 14.3 Å². The van der Waals surface area contributed by atoms with E-state index in [2.05, 4.69) is 29.8 Å². The third kappa shape index (κ3) is 7.36. The van der Waals surface area contributed by atoms with Gasteiger partial charge in [-0.05, 0) is 60.9 Å². The maximum atomic E-state index is 13.7. The summed E-state index contributed by atoms with van der Waals surface area (Å²) < 4.78 is 5.29. The second kappa shape index (κ2) is 12.0. The van der Waals surface area contributed by atoms with Gasteiger partial charge in [0.15, 0.2) is 0 Å². The highest BCUT2D eigenvalue weighted by atomic mass is 32.1. The van der Waals surface area contributed by atoms with Crippen molar-refractivity contribution in [3.05, 3.63) is 84.4 Å². The van der Waals surface area contributed by atoms with Gasteiger partial charge in [0.1, 0.15) is 17.7 Å². The fourth-order valence-electron chi connectivity index (χ4n) is 3.89. The second-order valence-electron chi connectivity index (χ2n) is 9.66. The summed E-state index contributed by atoms with van der Waals surface area (Å²) >= 11 is 4.26. The van der Waals surface area contributed by atoms with E-state index in [1.807, 2.05) is 48.5 Å².